The maximum atomic E-state index is 10.7. The van der Waals surface area contributed by atoms with Crippen LogP contribution >= 0.6 is 23.5 Å². The largest absolute Gasteiger partial charge is 0.451 e. The zero-order chi connectivity index (χ0) is 10.4. The molecular formula is C9H13NO2S2. The first-order chi connectivity index (χ1) is 6.74. The van der Waals surface area contributed by atoms with Gasteiger partial charge in [-0.2, -0.15) is 4.99 Å². The number of rotatable bonds is 1. The molecule has 0 bridgehead atoms. The highest BCUT2D eigenvalue weighted by atomic mass is 32.2. The third-order valence-corrected chi connectivity index (χ3v) is 4.48. The van der Waals surface area contributed by atoms with E-state index in [1.807, 2.05) is 30.4 Å². The number of ether oxygens (including phenoxy) is 1. The fraction of sp³-hybridized carbons (Fsp3) is 0.556. The van der Waals surface area contributed by atoms with E-state index in [1.54, 1.807) is 6.21 Å². The number of aliphatic imine (C=N–C) groups is 1. The van der Waals surface area contributed by atoms with Crippen molar-refractivity contribution in [1.82, 2.24) is 0 Å². The van der Waals surface area contributed by atoms with Crippen molar-refractivity contribution in [2.24, 2.45) is 4.99 Å². The van der Waals surface area contributed by atoms with E-state index in [4.69, 9.17) is 0 Å². The van der Waals surface area contributed by atoms with E-state index in [9.17, 15) is 4.79 Å². The molecule has 0 N–H and O–H groups in total. The van der Waals surface area contributed by atoms with Crippen molar-refractivity contribution in [1.29, 1.82) is 0 Å². The van der Waals surface area contributed by atoms with Gasteiger partial charge in [-0.25, -0.2) is 4.79 Å². The number of carbonyl (C=O) groups excluding carboxylic acids is 1. The number of amides is 1. The van der Waals surface area contributed by atoms with Gasteiger partial charge in [0.25, 0.3) is 0 Å². The van der Waals surface area contributed by atoms with Crippen LogP contribution in [-0.2, 0) is 4.74 Å². The van der Waals surface area contributed by atoms with E-state index < -0.39 is 6.09 Å². The molecule has 14 heavy (non-hydrogen) atoms. The lowest BCUT2D eigenvalue weighted by Gasteiger charge is -2.13. The van der Waals surface area contributed by atoms with Gasteiger partial charge >= 0.3 is 6.09 Å². The summed E-state index contributed by atoms with van der Waals surface area (Å²) in [5, 5.41) is 0. The minimum atomic E-state index is -0.546. The van der Waals surface area contributed by atoms with Gasteiger partial charge in [0.05, 0.1) is 7.11 Å². The molecule has 1 saturated heterocycles. The molecule has 0 atom stereocenters. The van der Waals surface area contributed by atoms with Crippen LogP contribution in [0.25, 0.3) is 0 Å². The van der Waals surface area contributed by atoms with Gasteiger partial charge in [0.15, 0.2) is 0 Å². The van der Waals surface area contributed by atoms with Crippen molar-refractivity contribution in [3.8, 4) is 0 Å². The molecule has 0 aromatic heterocycles. The first-order valence-corrected chi connectivity index (χ1v) is 6.29. The van der Waals surface area contributed by atoms with Gasteiger partial charge in [-0.3, -0.25) is 0 Å². The average Bonchev–Trinajstić information content (AvgIpc) is 2.26. The molecule has 0 spiro atoms. The highest BCUT2D eigenvalue weighted by Gasteiger charge is 2.08. The molecule has 0 aromatic rings. The van der Waals surface area contributed by atoms with Crippen molar-refractivity contribution in [3.05, 3.63) is 9.81 Å². The molecule has 1 fully saturated rings. The molecule has 0 aliphatic carbocycles. The van der Waals surface area contributed by atoms with Gasteiger partial charge in [-0.05, 0) is 30.4 Å². The van der Waals surface area contributed by atoms with Gasteiger partial charge in [0.1, 0.15) is 0 Å². The maximum Gasteiger partial charge on any atom is 0.433 e. The van der Waals surface area contributed by atoms with E-state index in [0.29, 0.717) is 0 Å². The monoisotopic (exact) mass is 231 g/mol. The molecule has 1 rings (SSSR count). The predicted octanol–water partition coefficient (Wildman–Crippen LogP) is 2.93. The normalized spacial score (nSPS) is 17.1. The van der Waals surface area contributed by atoms with Crippen molar-refractivity contribution < 1.29 is 9.53 Å². The number of thioether (sulfide) groups is 2. The Morgan fingerprint density at radius 3 is 2.71 bits per heavy atom. The summed E-state index contributed by atoms with van der Waals surface area (Å²) in [5.41, 5.74) is 1.05. The second kappa shape index (κ2) is 6.14. The van der Waals surface area contributed by atoms with Crippen molar-refractivity contribution >= 4 is 35.8 Å². The van der Waals surface area contributed by atoms with Crippen LogP contribution in [0.3, 0.4) is 0 Å². The molecule has 0 aromatic carbocycles. The number of nitrogens with zero attached hydrogens (tertiary/aromatic N) is 1. The fourth-order valence-corrected chi connectivity index (χ4v) is 3.44. The number of hydrogen-bond donors (Lipinski definition) is 0. The van der Waals surface area contributed by atoms with Crippen LogP contribution in [0.5, 0.6) is 0 Å². The molecule has 5 heteroatoms. The Bertz CT molecular complexity index is 266. The van der Waals surface area contributed by atoms with E-state index in [2.05, 4.69) is 9.73 Å². The first kappa shape index (κ1) is 11.7. The van der Waals surface area contributed by atoms with E-state index in [1.165, 1.54) is 17.8 Å². The van der Waals surface area contributed by atoms with Crippen LogP contribution in [0.2, 0.25) is 0 Å². The molecule has 1 aliphatic rings. The van der Waals surface area contributed by atoms with Gasteiger partial charge in [0.2, 0.25) is 0 Å². The summed E-state index contributed by atoms with van der Waals surface area (Å²) in [6.45, 7) is 1.97. The third-order valence-electron chi connectivity index (χ3n) is 1.62. The van der Waals surface area contributed by atoms with Crippen LogP contribution in [0, 0.1) is 0 Å². The minimum Gasteiger partial charge on any atom is -0.451 e. The molecule has 0 unspecified atom stereocenters. The first-order valence-electron chi connectivity index (χ1n) is 4.32. The zero-order valence-electron chi connectivity index (χ0n) is 8.28. The van der Waals surface area contributed by atoms with Crippen LogP contribution in [0.15, 0.2) is 14.8 Å². The Kier molecular flexibility index (Phi) is 5.11. The second-order valence-electron chi connectivity index (χ2n) is 2.75. The summed E-state index contributed by atoms with van der Waals surface area (Å²) in [5.74, 6) is 2.32. The van der Waals surface area contributed by atoms with E-state index in [-0.39, 0.29) is 0 Å². The van der Waals surface area contributed by atoms with Gasteiger partial charge < -0.3 is 4.74 Å². The Morgan fingerprint density at radius 1 is 1.50 bits per heavy atom. The molecule has 3 nitrogen and oxygen atoms in total. The van der Waals surface area contributed by atoms with Crippen LogP contribution in [-0.4, -0.2) is 30.9 Å². The topological polar surface area (TPSA) is 38.7 Å². The van der Waals surface area contributed by atoms with Crippen LogP contribution in [0.1, 0.15) is 13.3 Å². The summed E-state index contributed by atoms with van der Waals surface area (Å²) in [6.07, 6.45) is 2.28. The second-order valence-corrected chi connectivity index (χ2v) is 5.22. The lowest BCUT2D eigenvalue weighted by Crippen LogP contribution is -1.97. The third kappa shape index (κ3) is 3.75. The number of methoxy groups -OCH3 is 1. The lowest BCUT2D eigenvalue weighted by molar-refractivity contribution is 0.183. The fourth-order valence-electron chi connectivity index (χ4n) is 0.913. The number of carbonyl (C=O) groups is 1. The molecule has 78 valence electrons. The molecule has 1 aliphatic heterocycles. The lowest BCUT2D eigenvalue weighted by atomic mass is 10.4. The van der Waals surface area contributed by atoms with E-state index >= 15 is 0 Å². The molecular weight excluding hydrogens is 218 g/mol. The summed E-state index contributed by atoms with van der Waals surface area (Å²) in [4.78, 5) is 14.4. The van der Waals surface area contributed by atoms with Crippen molar-refractivity contribution in [2.45, 2.75) is 13.3 Å². The van der Waals surface area contributed by atoms with Crippen molar-refractivity contribution in [3.63, 3.8) is 0 Å². The molecule has 0 saturated carbocycles. The molecule has 1 heterocycles. The quantitative estimate of drug-likeness (QED) is 0.650. The Labute approximate surface area is 92.4 Å². The van der Waals surface area contributed by atoms with Crippen molar-refractivity contribution in [2.75, 3.05) is 18.6 Å². The predicted molar refractivity (Wildman–Crippen MR) is 63.1 cm³/mol. The van der Waals surface area contributed by atoms with Crippen LogP contribution in [0.4, 0.5) is 4.79 Å². The smallest absolute Gasteiger partial charge is 0.433 e. The zero-order valence-corrected chi connectivity index (χ0v) is 9.91. The summed E-state index contributed by atoms with van der Waals surface area (Å²) in [7, 11) is 1.33. The van der Waals surface area contributed by atoms with E-state index in [0.717, 1.165) is 17.1 Å². The summed E-state index contributed by atoms with van der Waals surface area (Å²) < 4.78 is 5.68. The Morgan fingerprint density at radius 2 is 2.14 bits per heavy atom. The highest BCUT2D eigenvalue weighted by Crippen LogP contribution is 2.36. The Hall–Kier alpha value is -0.420. The molecule has 0 radical (unpaired) electrons. The molecule has 1 amide bonds. The minimum absolute atomic E-state index is 0.546. The summed E-state index contributed by atoms with van der Waals surface area (Å²) in [6, 6.07) is 0. The standard InChI is InChI=1S/C9H13NO2S2/c1-7(6-10-9(11)12-2)8-13-4-3-5-14-8/h6H,3-5H2,1-2H3/b10-6+. The van der Waals surface area contributed by atoms with Gasteiger partial charge in [-0.15, -0.1) is 23.5 Å². The Balaban J connectivity index is 2.57. The number of allylic oxidation sites excluding steroid dienone is 1. The van der Waals surface area contributed by atoms with Gasteiger partial charge in [0, 0.05) is 10.5 Å². The highest BCUT2D eigenvalue weighted by molar-refractivity contribution is 8.22. The number of hydrogen-bond acceptors (Lipinski definition) is 4. The SMILES string of the molecule is COC(=O)/N=C/C(C)=C1SCCCS1. The summed E-state index contributed by atoms with van der Waals surface area (Å²) >= 11 is 3.66. The van der Waals surface area contributed by atoms with Crippen LogP contribution < -0.4 is 0 Å². The van der Waals surface area contributed by atoms with Gasteiger partial charge in [-0.1, -0.05) is 0 Å². The average molecular weight is 231 g/mol. The maximum absolute atomic E-state index is 10.7.